The van der Waals surface area contributed by atoms with E-state index in [1.807, 2.05) is 41.8 Å². The van der Waals surface area contributed by atoms with Gasteiger partial charge in [0.2, 0.25) is 0 Å². The molecule has 0 saturated heterocycles. The first-order chi connectivity index (χ1) is 18.2. The predicted molar refractivity (Wildman–Crippen MR) is 136 cm³/mol. The number of carbonyl (C=O) groups is 5. The molecule has 3 N–H and O–H groups in total. The van der Waals surface area contributed by atoms with Crippen LogP contribution in [0, 0.1) is 0 Å². The highest BCUT2D eigenvalue weighted by atomic mass is 16.5. The number of esters is 2. The zero-order valence-electron chi connectivity index (χ0n) is 21.3. The Morgan fingerprint density at radius 3 is 2.29 bits per heavy atom. The van der Waals surface area contributed by atoms with Crippen LogP contribution < -0.4 is 15.8 Å². The fourth-order valence-corrected chi connectivity index (χ4v) is 4.19. The third kappa shape index (κ3) is 6.17. The van der Waals surface area contributed by atoms with E-state index in [9.17, 15) is 24.0 Å². The van der Waals surface area contributed by atoms with Gasteiger partial charge in [-0.25, -0.2) is 4.79 Å². The number of nitrogens with zero attached hydrogens (tertiary/aromatic N) is 1. The van der Waals surface area contributed by atoms with Crippen LogP contribution in [0.5, 0.6) is 5.75 Å². The monoisotopic (exact) mass is 523 g/mol. The number of aromatic nitrogens is 1. The highest BCUT2D eigenvalue weighted by Crippen LogP contribution is 2.35. The molecule has 0 radical (unpaired) electrons. The summed E-state index contributed by atoms with van der Waals surface area (Å²) in [6.07, 6.45) is -0.00587. The van der Waals surface area contributed by atoms with Crippen molar-refractivity contribution in [3.05, 3.63) is 65.4 Å². The van der Waals surface area contributed by atoms with Gasteiger partial charge in [-0.3, -0.25) is 19.2 Å². The van der Waals surface area contributed by atoms with Gasteiger partial charge in [0.05, 0.1) is 37.1 Å². The second-order valence-electron chi connectivity index (χ2n) is 8.30. The summed E-state index contributed by atoms with van der Waals surface area (Å²) in [5.41, 5.74) is 7.68. The molecular weight excluding hydrogens is 494 g/mol. The first-order valence-electron chi connectivity index (χ1n) is 11.8. The summed E-state index contributed by atoms with van der Waals surface area (Å²) < 4.78 is 16.9. The van der Waals surface area contributed by atoms with Gasteiger partial charge in [0, 0.05) is 12.2 Å². The van der Waals surface area contributed by atoms with Gasteiger partial charge in [0.1, 0.15) is 11.8 Å². The Hall–Kier alpha value is -4.67. The van der Waals surface area contributed by atoms with Crippen LogP contribution in [0.4, 0.5) is 0 Å². The van der Waals surface area contributed by atoms with Crippen LogP contribution in [0.2, 0.25) is 0 Å². The van der Waals surface area contributed by atoms with Gasteiger partial charge >= 0.3 is 11.9 Å². The van der Waals surface area contributed by atoms with Crippen LogP contribution in [0.3, 0.4) is 0 Å². The van der Waals surface area contributed by atoms with Crippen molar-refractivity contribution >= 4 is 40.4 Å². The van der Waals surface area contributed by atoms with Crippen LogP contribution in [0.1, 0.15) is 35.0 Å². The molecule has 1 aromatic heterocycles. The number of nitrogens with two attached hydrogens (primary N) is 1. The predicted octanol–water partition coefficient (Wildman–Crippen LogP) is 1.52. The fraction of sp³-hybridized carbons (Fsp3) is 0.296. The van der Waals surface area contributed by atoms with Gasteiger partial charge in [-0.1, -0.05) is 43.3 Å². The standard InChI is InChI=1S/C27H29N3O8/c1-4-18-24(25(33)26(28)34)23-19(30(18)14-16-9-6-5-7-10-16)11-8-12-20(23)38-15-21(31)29-17(27(35)37-3)13-22(32)36-2/h5-12,17H,4,13-15H2,1-3H3,(H2,28,34)(H,29,31)/t17-/m0/s1. The number of amides is 2. The van der Waals surface area contributed by atoms with Crippen molar-refractivity contribution < 1.29 is 38.2 Å². The number of ether oxygens (including phenoxy) is 3. The summed E-state index contributed by atoms with van der Waals surface area (Å²) in [5, 5.41) is 2.73. The number of hydrogen-bond acceptors (Lipinski definition) is 8. The summed E-state index contributed by atoms with van der Waals surface area (Å²) in [6, 6.07) is 13.3. The molecule has 1 heterocycles. The van der Waals surface area contributed by atoms with Crippen LogP contribution >= 0.6 is 0 Å². The lowest BCUT2D eigenvalue weighted by Crippen LogP contribution is -2.44. The summed E-state index contributed by atoms with van der Waals surface area (Å²) in [6.45, 7) is 1.73. The van der Waals surface area contributed by atoms with Crippen molar-refractivity contribution in [2.45, 2.75) is 32.4 Å². The number of carbonyl (C=O) groups excluding carboxylic acids is 5. The van der Waals surface area contributed by atoms with Crippen molar-refractivity contribution in [1.29, 1.82) is 0 Å². The molecule has 2 amide bonds. The van der Waals surface area contributed by atoms with E-state index in [-0.39, 0.29) is 11.3 Å². The van der Waals surface area contributed by atoms with E-state index >= 15 is 0 Å². The van der Waals surface area contributed by atoms with E-state index in [0.29, 0.717) is 29.6 Å². The van der Waals surface area contributed by atoms with Gasteiger partial charge < -0.3 is 29.8 Å². The van der Waals surface area contributed by atoms with Crippen molar-refractivity contribution in [1.82, 2.24) is 9.88 Å². The maximum absolute atomic E-state index is 13.0. The molecule has 1 atom stereocenters. The van der Waals surface area contributed by atoms with Gasteiger partial charge in [0.15, 0.2) is 6.61 Å². The normalized spacial score (nSPS) is 11.4. The minimum absolute atomic E-state index is 0.111. The van der Waals surface area contributed by atoms with Crippen molar-refractivity contribution in [2.24, 2.45) is 5.73 Å². The molecule has 3 rings (SSSR count). The van der Waals surface area contributed by atoms with E-state index in [0.717, 1.165) is 19.8 Å². The Morgan fingerprint density at radius 1 is 0.974 bits per heavy atom. The highest BCUT2D eigenvalue weighted by molar-refractivity contribution is 6.45. The Labute approximate surface area is 218 Å². The first-order valence-corrected chi connectivity index (χ1v) is 11.8. The molecular formula is C27H29N3O8. The average molecular weight is 524 g/mol. The lowest BCUT2D eigenvalue weighted by atomic mass is 10.0. The highest BCUT2D eigenvalue weighted by Gasteiger charge is 2.28. The third-order valence-electron chi connectivity index (χ3n) is 5.91. The van der Waals surface area contributed by atoms with E-state index < -0.39 is 48.6 Å². The largest absolute Gasteiger partial charge is 0.483 e. The van der Waals surface area contributed by atoms with Gasteiger partial charge in [0.25, 0.3) is 17.6 Å². The Balaban J connectivity index is 1.98. The molecule has 0 aliphatic rings. The minimum Gasteiger partial charge on any atom is -0.483 e. The van der Waals surface area contributed by atoms with E-state index in [4.69, 9.17) is 10.5 Å². The number of rotatable bonds is 12. The second kappa shape index (κ2) is 12.5. The van der Waals surface area contributed by atoms with Crippen LogP contribution in [0.15, 0.2) is 48.5 Å². The Bertz CT molecular complexity index is 1360. The number of hydrogen-bond donors (Lipinski definition) is 2. The SMILES string of the molecule is CCc1c(C(=O)C(N)=O)c2c(OCC(=O)N[C@@H](CC(=O)OC)C(=O)OC)cccc2n1Cc1ccccc1. The second-order valence-corrected chi connectivity index (χ2v) is 8.30. The van der Waals surface area contributed by atoms with Crippen LogP contribution in [-0.2, 0) is 41.6 Å². The number of benzene rings is 2. The molecule has 0 aliphatic carbocycles. The average Bonchev–Trinajstić information content (AvgIpc) is 3.24. The molecule has 38 heavy (non-hydrogen) atoms. The Morgan fingerprint density at radius 2 is 1.68 bits per heavy atom. The molecule has 200 valence electrons. The molecule has 0 unspecified atom stereocenters. The lowest BCUT2D eigenvalue weighted by molar-refractivity contribution is -0.150. The zero-order valence-corrected chi connectivity index (χ0v) is 21.3. The number of ketones is 1. The lowest BCUT2D eigenvalue weighted by Gasteiger charge is -2.16. The quantitative estimate of drug-likeness (QED) is 0.206. The van der Waals surface area contributed by atoms with E-state index in [2.05, 4.69) is 14.8 Å². The van der Waals surface area contributed by atoms with Crippen molar-refractivity contribution in [2.75, 3.05) is 20.8 Å². The molecule has 11 nitrogen and oxygen atoms in total. The van der Waals surface area contributed by atoms with E-state index in [1.54, 1.807) is 18.2 Å². The molecule has 0 saturated carbocycles. The maximum Gasteiger partial charge on any atom is 0.328 e. The van der Waals surface area contributed by atoms with Crippen LogP contribution in [-0.4, -0.2) is 61.0 Å². The van der Waals surface area contributed by atoms with Gasteiger partial charge in [-0.05, 0) is 24.1 Å². The molecule has 0 fully saturated rings. The fourth-order valence-electron chi connectivity index (χ4n) is 4.19. The summed E-state index contributed by atoms with van der Waals surface area (Å²) in [5.74, 6) is -4.08. The first kappa shape index (κ1) is 27.9. The van der Waals surface area contributed by atoms with Crippen molar-refractivity contribution in [3.63, 3.8) is 0 Å². The summed E-state index contributed by atoms with van der Waals surface area (Å²) >= 11 is 0. The third-order valence-corrected chi connectivity index (χ3v) is 5.91. The molecule has 0 bridgehead atoms. The number of primary amides is 1. The number of methoxy groups -OCH3 is 2. The summed E-state index contributed by atoms with van der Waals surface area (Å²) in [7, 11) is 2.28. The zero-order chi connectivity index (χ0) is 27.8. The van der Waals surface area contributed by atoms with Crippen LogP contribution in [0.25, 0.3) is 10.9 Å². The molecule has 0 spiro atoms. The van der Waals surface area contributed by atoms with Crippen molar-refractivity contribution in [3.8, 4) is 5.75 Å². The molecule has 3 aromatic rings. The smallest absolute Gasteiger partial charge is 0.328 e. The van der Waals surface area contributed by atoms with Gasteiger partial charge in [-0.2, -0.15) is 0 Å². The minimum atomic E-state index is -1.27. The maximum atomic E-state index is 13.0. The molecule has 2 aromatic carbocycles. The number of fused-ring (bicyclic) bond motifs is 1. The number of Topliss-reactive ketones (excluding diaryl/α,β-unsaturated/α-hetero) is 1. The molecule has 0 aliphatic heterocycles. The molecule has 11 heteroatoms. The van der Waals surface area contributed by atoms with E-state index in [1.165, 1.54) is 0 Å². The van der Waals surface area contributed by atoms with Gasteiger partial charge in [-0.15, -0.1) is 0 Å². The number of nitrogens with one attached hydrogen (secondary N) is 1. The topological polar surface area (TPSA) is 156 Å². The Kier molecular flexibility index (Phi) is 9.20. The summed E-state index contributed by atoms with van der Waals surface area (Å²) in [4.78, 5) is 61.1.